The van der Waals surface area contributed by atoms with Crippen molar-refractivity contribution in [3.8, 4) is 0 Å². The van der Waals surface area contributed by atoms with Crippen molar-refractivity contribution in [1.82, 2.24) is 4.90 Å². The van der Waals surface area contributed by atoms with E-state index in [2.05, 4.69) is 6.58 Å². The second-order valence-electron chi connectivity index (χ2n) is 11.4. The van der Waals surface area contributed by atoms with E-state index in [4.69, 9.17) is 53.8 Å². The third-order valence-corrected chi connectivity index (χ3v) is 6.81. The number of nitrogens with zero attached hydrogens (tertiary/aromatic N) is 1. The highest BCUT2D eigenvalue weighted by Gasteiger charge is 2.44. The molecule has 1 rings (SSSR count). The maximum atomic E-state index is 13.0. The van der Waals surface area contributed by atoms with Gasteiger partial charge in [0, 0.05) is 6.54 Å². The van der Waals surface area contributed by atoms with Gasteiger partial charge in [-0.3, -0.25) is 9.69 Å². The first-order valence-corrected chi connectivity index (χ1v) is 13.8. The summed E-state index contributed by atoms with van der Waals surface area (Å²) in [6.45, 7) is 13.9. The molecule has 0 aromatic carbocycles. The molecule has 0 aromatic heterocycles. The lowest BCUT2D eigenvalue weighted by molar-refractivity contribution is -0.162. The van der Waals surface area contributed by atoms with Crippen molar-refractivity contribution in [1.29, 1.82) is 0 Å². The van der Waals surface area contributed by atoms with Gasteiger partial charge in [0.15, 0.2) is 0 Å². The van der Waals surface area contributed by atoms with Gasteiger partial charge in [-0.25, -0.2) is 14.4 Å². The Morgan fingerprint density at radius 3 is 2.13 bits per heavy atom. The molecule has 1 aliphatic rings. The van der Waals surface area contributed by atoms with E-state index < -0.39 is 63.7 Å². The molecule has 1 N–H and O–H groups in total. The van der Waals surface area contributed by atoms with Gasteiger partial charge < -0.3 is 24.1 Å². The van der Waals surface area contributed by atoms with E-state index >= 15 is 0 Å². The highest BCUT2D eigenvalue weighted by molar-refractivity contribution is 6.67. The number of alkyl halides is 3. The molecule has 4 atom stereocenters. The Bertz CT molecular complexity index is 883. The van der Waals surface area contributed by atoms with E-state index in [-0.39, 0.29) is 25.5 Å². The number of likely N-dealkylation sites (tertiary alicyclic amines) is 1. The average molecular weight is 617 g/mol. The lowest BCUT2D eigenvalue weighted by Gasteiger charge is -2.36. The number of carbonyl (C=O) groups is 4. The topological polar surface area (TPSA) is 129 Å². The normalized spacial score (nSPS) is 18.5. The number of carbonyl (C=O) groups excluding carboxylic acids is 3. The molecular formula is C26H40Cl3NO9. The maximum absolute atomic E-state index is 13.0. The minimum absolute atomic E-state index is 0.0289. The van der Waals surface area contributed by atoms with Crippen molar-refractivity contribution in [3.05, 3.63) is 12.7 Å². The summed E-state index contributed by atoms with van der Waals surface area (Å²) in [5, 5.41) is 9.40. The quantitative estimate of drug-likeness (QED) is 0.119. The van der Waals surface area contributed by atoms with Crippen molar-refractivity contribution in [2.45, 2.75) is 89.3 Å². The lowest BCUT2D eigenvalue weighted by Crippen LogP contribution is -2.45. The maximum Gasteiger partial charge on any atom is 0.508 e. The second-order valence-corrected chi connectivity index (χ2v) is 13.9. The van der Waals surface area contributed by atoms with Gasteiger partial charge in [0.25, 0.3) is 0 Å². The Balaban J connectivity index is 3.07. The summed E-state index contributed by atoms with van der Waals surface area (Å²) in [5.41, 5.74) is -1.79. The van der Waals surface area contributed by atoms with Crippen LogP contribution in [0.25, 0.3) is 0 Å². The number of carboxylic acid groups (broad SMARTS) is 1. The molecule has 1 aliphatic heterocycles. The molecule has 1 saturated heterocycles. The van der Waals surface area contributed by atoms with Crippen molar-refractivity contribution in [2.75, 3.05) is 19.8 Å². The molecule has 0 aliphatic carbocycles. The fraction of sp³-hybridized carbons (Fsp3) is 0.769. The molecule has 10 nitrogen and oxygen atoms in total. The molecule has 224 valence electrons. The van der Waals surface area contributed by atoms with E-state index in [9.17, 15) is 24.3 Å². The number of amides is 1. The Hall–Kier alpha value is -1.91. The van der Waals surface area contributed by atoms with Crippen molar-refractivity contribution >= 4 is 59.0 Å². The van der Waals surface area contributed by atoms with Gasteiger partial charge in [-0.05, 0) is 50.9 Å². The Kier molecular flexibility index (Phi) is 13.2. The van der Waals surface area contributed by atoms with Crippen LogP contribution in [0.4, 0.5) is 9.59 Å². The summed E-state index contributed by atoms with van der Waals surface area (Å²) in [4.78, 5) is 50.8. The number of rotatable bonds is 12. The van der Waals surface area contributed by atoms with Gasteiger partial charge in [-0.15, -0.1) is 0 Å². The Labute approximate surface area is 245 Å². The summed E-state index contributed by atoms with van der Waals surface area (Å²) in [6.07, 6.45) is -0.994. The van der Waals surface area contributed by atoms with E-state index in [1.165, 1.54) is 6.08 Å². The van der Waals surface area contributed by atoms with Crippen LogP contribution in [-0.2, 0) is 28.5 Å². The molecule has 39 heavy (non-hydrogen) atoms. The van der Waals surface area contributed by atoms with Crippen LogP contribution in [0.5, 0.6) is 0 Å². The van der Waals surface area contributed by atoms with Crippen molar-refractivity contribution < 1.29 is 43.2 Å². The standard InChI is InChI=1S/C26H40Cl3NO9/c1-8-12-36-21(32)25(6,7)19(39-23(35)37-15-26(27,28)29)14-16(2)13-18(24(3,4)5)38-20(31)17-10-9-11-30(17)22(33)34/h8,16-19H,1,9-15H2,2-7H3,(H,33,34)/t16-,17?,18-,19-/m0/s1. The Morgan fingerprint density at radius 1 is 1.03 bits per heavy atom. The zero-order chi connectivity index (χ0) is 30.2. The van der Waals surface area contributed by atoms with Crippen LogP contribution < -0.4 is 0 Å². The molecule has 0 spiro atoms. The predicted molar refractivity (Wildman–Crippen MR) is 147 cm³/mol. The van der Waals surface area contributed by atoms with Gasteiger partial charge in [-0.1, -0.05) is 75.2 Å². The molecule has 0 saturated carbocycles. The highest BCUT2D eigenvalue weighted by Crippen LogP contribution is 2.35. The van der Waals surface area contributed by atoms with Crippen LogP contribution in [0.15, 0.2) is 12.7 Å². The predicted octanol–water partition coefficient (Wildman–Crippen LogP) is 6.15. The zero-order valence-corrected chi connectivity index (χ0v) is 25.6. The van der Waals surface area contributed by atoms with Gasteiger partial charge in [0.2, 0.25) is 3.79 Å². The number of hydrogen-bond acceptors (Lipinski definition) is 8. The smallest absolute Gasteiger partial charge is 0.465 e. The molecule has 1 heterocycles. The minimum atomic E-state index is -1.85. The summed E-state index contributed by atoms with van der Waals surface area (Å²) >= 11 is 16.9. The van der Waals surface area contributed by atoms with Crippen molar-refractivity contribution in [2.24, 2.45) is 16.7 Å². The van der Waals surface area contributed by atoms with Crippen LogP contribution >= 0.6 is 34.8 Å². The molecule has 0 radical (unpaired) electrons. The van der Waals surface area contributed by atoms with E-state index in [0.717, 1.165) is 4.90 Å². The van der Waals surface area contributed by atoms with E-state index in [1.807, 2.05) is 27.7 Å². The van der Waals surface area contributed by atoms with Crippen molar-refractivity contribution in [3.63, 3.8) is 0 Å². The monoisotopic (exact) mass is 615 g/mol. The summed E-state index contributed by atoms with van der Waals surface area (Å²) in [5.74, 6) is -1.46. The van der Waals surface area contributed by atoms with Crippen LogP contribution in [0.2, 0.25) is 0 Å². The van der Waals surface area contributed by atoms with Gasteiger partial charge in [-0.2, -0.15) is 0 Å². The number of halogens is 3. The van der Waals surface area contributed by atoms with Gasteiger partial charge in [0.05, 0.1) is 5.41 Å². The molecule has 0 aromatic rings. The largest absolute Gasteiger partial charge is 0.508 e. The number of hydrogen-bond donors (Lipinski definition) is 1. The van der Waals surface area contributed by atoms with Gasteiger partial charge in [0.1, 0.15) is 31.5 Å². The third kappa shape index (κ3) is 11.6. The first-order valence-electron chi connectivity index (χ1n) is 12.7. The molecule has 0 bridgehead atoms. The third-order valence-electron chi connectivity index (χ3n) is 6.48. The fourth-order valence-electron chi connectivity index (χ4n) is 4.10. The molecular weight excluding hydrogens is 577 g/mol. The highest BCUT2D eigenvalue weighted by atomic mass is 35.6. The Morgan fingerprint density at radius 2 is 1.62 bits per heavy atom. The molecule has 1 fully saturated rings. The SMILES string of the molecule is C=CCOC(=O)C(C)(C)[C@H](C[C@@H](C)C[C@H](OC(=O)C1CCCN1C(=O)O)C(C)(C)C)OC(=O)OCC(Cl)(Cl)Cl. The summed E-state index contributed by atoms with van der Waals surface area (Å²) < 4.78 is 19.6. The van der Waals surface area contributed by atoms with Crippen LogP contribution in [0, 0.1) is 16.7 Å². The number of esters is 2. The zero-order valence-electron chi connectivity index (χ0n) is 23.3. The van der Waals surface area contributed by atoms with Crippen LogP contribution in [-0.4, -0.2) is 76.0 Å². The first kappa shape index (κ1) is 35.1. The summed E-state index contributed by atoms with van der Waals surface area (Å²) in [6, 6.07) is -0.856. The second kappa shape index (κ2) is 14.6. The van der Waals surface area contributed by atoms with Crippen LogP contribution in [0.1, 0.15) is 67.2 Å². The van der Waals surface area contributed by atoms with E-state index in [0.29, 0.717) is 19.3 Å². The molecule has 13 heteroatoms. The molecule has 1 amide bonds. The lowest BCUT2D eigenvalue weighted by atomic mass is 9.78. The number of ether oxygens (including phenoxy) is 4. The first-order chi connectivity index (χ1) is 17.8. The van der Waals surface area contributed by atoms with E-state index in [1.54, 1.807) is 13.8 Å². The minimum Gasteiger partial charge on any atom is -0.465 e. The summed E-state index contributed by atoms with van der Waals surface area (Å²) in [7, 11) is 0. The molecule has 1 unspecified atom stereocenters. The average Bonchev–Trinajstić information content (AvgIpc) is 3.29. The fourth-order valence-corrected chi connectivity index (χ4v) is 4.26. The van der Waals surface area contributed by atoms with Crippen LogP contribution in [0.3, 0.4) is 0 Å². The van der Waals surface area contributed by atoms with Gasteiger partial charge >= 0.3 is 24.2 Å².